The molecule has 0 saturated heterocycles. The highest BCUT2D eigenvalue weighted by atomic mass is 79.9. The Balaban J connectivity index is 1.86. The average molecular weight is 518 g/mol. The van der Waals surface area contributed by atoms with Crippen LogP contribution in [-0.4, -0.2) is 24.5 Å². The first kappa shape index (κ1) is 24.1. The van der Waals surface area contributed by atoms with Gasteiger partial charge in [0.2, 0.25) is 0 Å². The molecule has 8 heteroatoms. The number of ether oxygens (including phenoxy) is 2. The van der Waals surface area contributed by atoms with Gasteiger partial charge in [-0.2, -0.15) is 0 Å². The first-order valence-corrected chi connectivity index (χ1v) is 11.7. The van der Waals surface area contributed by atoms with Crippen molar-refractivity contribution in [3.63, 3.8) is 0 Å². The van der Waals surface area contributed by atoms with E-state index < -0.39 is 0 Å². The van der Waals surface area contributed by atoms with Gasteiger partial charge in [-0.1, -0.05) is 22.5 Å². The van der Waals surface area contributed by atoms with E-state index in [1.807, 2.05) is 31.4 Å². The van der Waals surface area contributed by atoms with E-state index in [0.717, 1.165) is 39.6 Å². The second kappa shape index (κ2) is 11.4. The van der Waals surface area contributed by atoms with Gasteiger partial charge < -0.3 is 14.8 Å². The summed E-state index contributed by atoms with van der Waals surface area (Å²) in [7, 11) is 1.63. The van der Waals surface area contributed by atoms with Crippen molar-refractivity contribution in [1.82, 2.24) is 4.98 Å². The predicted molar refractivity (Wildman–Crippen MR) is 132 cm³/mol. The fourth-order valence-corrected chi connectivity index (χ4v) is 4.13. The van der Waals surface area contributed by atoms with Crippen molar-refractivity contribution in [2.45, 2.75) is 26.9 Å². The van der Waals surface area contributed by atoms with E-state index in [4.69, 9.17) is 9.47 Å². The molecule has 3 aromatic rings. The van der Waals surface area contributed by atoms with Crippen molar-refractivity contribution in [3.8, 4) is 5.75 Å². The van der Waals surface area contributed by atoms with Gasteiger partial charge in [-0.05, 0) is 49.7 Å². The molecule has 0 aliphatic rings. The number of rotatable bonds is 9. The van der Waals surface area contributed by atoms with Gasteiger partial charge in [0, 0.05) is 40.7 Å². The molecule has 0 bridgehead atoms. The van der Waals surface area contributed by atoms with Gasteiger partial charge >= 0.3 is 0 Å². The monoisotopic (exact) mass is 517 g/mol. The number of aromatic nitrogens is 1. The van der Waals surface area contributed by atoms with Gasteiger partial charge in [-0.25, -0.2) is 14.4 Å². The van der Waals surface area contributed by atoms with Crippen LogP contribution in [0.1, 0.15) is 27.4 Å². The van der Waals surface area contributed by atoms with Crippen LogP contribution < -0.4 is 10.1 Å². The Hall–Kier alpha value is -2.55. The molecule has 3 rings (SSSR count). The second-order valence-corrected chi connectivity index (χ2v) is 9.05. The van der Waals surface area contributed by atoms with Gasteiger partial charge in [-0.3, -0.25) is 0 Å². The highest BCUT2D eigenvalue weighted by Crippen LogP contribution is 2.27. The van der Waals surface area contributed by atoms with Crippen LogP contribution in [0, 0.1) is 19.7 Å². The van der Waals surface area contributed by atoms with Crippen molar-refractivity contribution in [3.05, 3.63) is 86.2 Å². The number of benzene rings is 2. The summed E-state index contributed by atoms with van der Waals surface area (Å²) in [4.78, 5) is 8.83. The number of thiazole rings is 1. The Morgan fingerprint density at radius 2 is 2.12 bits per heavy atom. The highest BCUT2D eigenvalue weighted by molar-refractivity contribution is 9.10. The molecule has 0 fully saturated rings. The number of anilines is 1. The standard InChI is InChI=1S/C24H25BrFN3O2S/c1-5-27-24(29-22-7-6-18(25)12-21(22)26)20-11-17(13-30-4)23(10-15(20)2)31-9-8-19-14-32-16(3)28-19/h5-7,10-12,14H,1,8-9,13H2,2-4H3,(H,27,29). The minimum Gasteiger partial charge on any atom is -0.493 e. The number of aryl methyl sites for hydroxylation is 2. The Morgan fingerprint density at radius 3 is 2.78 bits per heavy atom. The van der Waals surface area contributed by atoms with Crippen molar-refractivity contribution < 1.29 is 13.9 Å². The molecule has 0 radical (unpaired) electrons. The van der Waals surface area contributed by atoms with Crippen LogP contribution in [0.25, 0.3) is 0 Å². The van der Waals surface area contributed by atoms with Crippen LogP contribution in [0.15, 0.2) is 58.0 Å². The Kier molecular flexibility index (Phi) is 8.55. The van der Waals surface area contributed by atoms with Crippen LogP contribution in [0.2, 0.25) is 0 Å². The molecule has 1 heterocycles. The van der Waals surface area contributed by atoms with Gasteiger partial charge in [0.25, 0.3) is 0 Å². The summed E-state index contributed by atoms with van der Waals surface area (Å²) in [5, 5.41) is 6.18. The number of amidine groups is 1. The smallest absolute Gasteiger partial charge is 0.147 e. The molecule has 0 atom stereocenters. The van der Waals surface area contributed by atoms with E-state index >= 15 is 0 Å². The minimum absolute atomic E-state index is 0.320. The van der Waals surface area contributed by atoms with Crippen LogP contribution in [0.3, 0.4) is 0 Å². The van der Waals surface area contributed by atoms with Gasteiger partial charge in [0.05, 0.1) is 29.6 Å². The van der Waals surface area contributed by atoms with Crippen molar-refractivity contribution in [2.75, 3.05) is 19.0 Å². The molecule has 1 N–H and O–H groups in total. The topological polar surface area (TPSA) is 55.7 Å². The predicted octanol–water partition coefficient (Wildman–Crippen LogP) is 6.43. The maximum Gasteiger partial charge on any atom is 0.147 e. The molecule has 0 spiro atoms. The Labute approximate surface area is 200 Å². The van der Waals surface area contributed by atoms with Crippen LogP contribution >= 0.6 is 27.3 Å². The number of nitrogens with zero attached hydrogens (tertiary/aromatic N) is 2. The molecule has 1 aromatic heterocycles. The van der Waals surface area contributed by atoms with E-state index in [-0.39, 0.29) is 5.82 Å². The number of halogens is 2. The van der Waals surface area contributed by atoms with Crippen LogP contribution in [-0.2, 0) is 17.8 Å². The molecule has 2 aromatic carbocycles. The lowest BCUT2D eigenvalue weighted by Gasteiger charge is -2.17. The number of hydrogen-bond donors (Lipinski definition) is 1. The zero-order chi connectivity index (χ0) is 23.1. The number of methoxy groups -OCH3 is 1. The van der Waals surface area contributed by atoms with E-state index in [1.165, 1.54) is 12.3 Å². The average Bonchev–Trinajstić information content (AvgIpc) is 3.16. The summed E-state index contributed by atoms with van der Waals surface area (Å²) < 4.78 is 26.5. The zero-order valence-corrected chi connectivity index (χ0v) is 20.6. The normalized spacial score (nSPS) is 11.5. The zero-order valence-electron chi connectivity index (χ0n) is 18.2. The van der Waals surface area contributed by atoms with Crippen LogP contribution in [0.4, 0.5) is 10.1 Å². The van der Waals surface area contributed by atoms with Gasteiger partial charge in [0.1, 0.15) is 17.4 Å². The summed E-state index contributed by atoms with van der Waals surface area (Å²) >= 11 is 4.91. The maximum absolute atomic E-state index is 14.4. The second-order valence-electron chi connectivity index (χ2n) is 7.07. The van der Waals surface area contributed by atoms with Gasteiger partial charge in [0.15, 0.2) is 0 Å². The molecule has 0 saturated carbocycles. The maximum atomic E-state index is 14.4. The molecule has 0 amide bonds. The summed E-state index contributed by atoms with van der Waals surface area (Å²) in [5.41, 5.74) is 3.95. The molecule has 0 aliphatic carbocycles. The first-order valence-electron chi connectivity index (χ1n) is 9.98. The molecular weight excluding hydrogens is 493 g/mol. The van der Waals surface area contributed by atoms with E-state index in [1.54, 1.807) is 30.6 Å². The lowest BCUT2D eigenvalue weighted by molar-refractivity contribution is 0.180. The molecule has 5 nitrogen and oxygen atoms in total. The molecule has 32 heavy (non-hydrogen) atoms. The minimum atomic E-state index is -0.386. The SMILES string of the molecule is C=CN=C(Nc1ccc(Br)cc1F)c1cc(COC)c(OCCc2csc(C)n2)cc1C. The summed E-state index contributed by atoms with van der Waals surface area (Å²) in [6.45, 7) is 8.52. The third kappa shape index (κ3) is 6.25. The lowest BCUT2D eigenvalue weighted by atomic mass is 10.0. The van der Waals surface area contributed by atoms with E-state index in [0.29, 0.717) is 29.2 Å². The summed E-state index contributed by atoms with van der Waals surface area (Å²) in [6, 6.07) is 8.72. The fraction of sp³-hybridized carbons (Fsp3) is 0.250. The first-order chi connectivity index (χ1) is 15.4. The summed E-state index contributed by atoms with van der Waals surface area (Å²) in [5.74, 6) is 0.844. The van der Waals surface area contributed by atoms with E-state index in [9.17, 15) is 4.39 Å². The quantitative estimate of drug-likeness (QED) is 0.262. The highest BCUT2D eigenvalue weighted by Gasteiger charge is 2.15. The number of aliphatic imine (C=N–C) groups is 1. The third-order valence-electron chi connectivity index (χ3n) is 4.65. The third-order valence-corrected chi connectivity index (χ3v) is 5.96. The Morgan fingerprint density at radius 1 is 1.31 bits per heavy atom. The molecule has 0 unspecified atom stereocenters. The largest absolute Gasteiger partial charge is 0.493 e. The number of nitrogens with one attached hydrogen (secondary N) is 1. The summed E-state index contributed by atoms with van der Waals surface area (Å²) in [6.07, 6.45) is 2.15. The fourth-order valence-electron chi connectivity index (χ4n) is 3.15. The van der Waals surface area contributed by atoms with Crippen molar-refractivity contribution in [1.29, 1.82) is 0 Å². The molecular formula is C24H25BrFN3O2S. The Bertz CT molecular complexity index is 1130. The van der Waals surface area contributed by atoms with Crippen LogP contribution in [0.5, 0.6) is 5.75 Å². The van der Waals surface area contributed by atoms with Gasteiger partial charge in [-0.15, -0.1) is 11.3 Å². The lowest BCUT2D eigenvalue weighted by Crippen LogP contribution is -2.17. The van der Waals surface area contributed by atoms with Crippen molar-refractivity contribution in [2.24, 2.45) is 4.99 Å². The van der Waals surface area contributed by atoms with Crippen molar-refractivity contribution >= 4 is 38.8 Å². The molecule has 168 valence electrons. The van der Waals surface area contributed by atoms with E-state index in [2.05, 4.69) is 37.8 Å². The number of hydrogen-bond acceptors (Lipinski definition) is 5. The molecule has 0 aliphatic heterocycles.